The SMILES string of the molecule is O=C(OCC(=O)N1CCC(Cc2ccccc2)CC1)c1cccs1. The Kier molecular flexibility index (Phi) is 5.64. The smallest absolute Gasteiger partial charge is 0.348 e. The van der Waals surface area contributed by atoms with Crippen molar-refractivity contribution in [3.63, 3.8) is 0 Å². The van der Waals surface area contributed by atoms with Gasteiger partial charge in [-0.2, -0.15) is 0 Å². The second-order valence-electron chi connectivity index (χ2n) is 6.07. The fourth-order valence-corrected chi connectivity index (χ4v) is 3.63. The predicted molar refractivity (Wildman–Crippen MR) is 94.1 cm³/mol. The number of hydrogen-bond donors (Lipinski definition) is 0. The predicted octanol–water partition coefficient (Wildman–Crippen LogP) is 3.39. The molecule has 3 rings (SSSR count). The summed E-state index contributed by atoms with van der Waals surface area (Å²) in [6.45, 7) is 1.32. The molecule has 1 aliphatic heterocycles. The maximum atomic E-state index is 12.2. The van der Waals surface area contributed by atoms with Gasteiger partial charge in [-0.05, 0) is 42.2 Å². The number of benzene rings is 1. The maximum Gasteiger partial charge on any atom is 0.348 e. The monoisotopic (exact) mass is 343 g/mol. The summed E-state index contributed by atoms with van der Waals surface area (Å²) in [7, 11) is 0. The van der Waals surface area contributed by atoms with Crippen molar-refractivity contribution in [3.8, 4) is 0 Å². The molecule has 1 fully saturated rings. The Labute approximate surface area is 146 Å². The van der Waals surface area contributed by atoms with E-state index in [9.17, 15) is 9.59 Å². The zero-order valence-corrected chi connectivity index (χ0v) is 14.3. The molecule has 0 atom stereocenters. The number of hydrogen-bond acceptors (Lipinski definition) is 4. The Bertz CT molecular complexity index is 661. The third-order valence-electron chi connectivity index (χ3n) is 4.38. The van der Waals surface area contributed by atoms with Crippen molar-refractivity contribution < 1.29 is 14.3 Å². The number of rotatable bonds is 5. The van der Waals surface area contributed by atoms with Gasteiger partial charge in [-0.3, -0.25) is 4.79 Å². The molecule has 0 saturated carbocycles. The van der Waals surface area contributed by atoms with Gasteiger partial charge >= 0.3 is 5.97 Å². The molecule has 0 radical (unpaired) electrons. The fourth-order valence-electron chi connectivity index (χ4n) is 3.02. The normalized spacial score (nSPS) is 15.2. The van der Waals surface area contributed by atoms with Gasteiger partial charge in [-0.1, -0.05) is 36.4 Å². The first kappa shape index (κ1) is 16.7. The Balaban J connectivity index is 1.41. The second-order valence-corrected chi connectivity index (χ2v) is 7.02. The highest BCUT2D eigenvalue weighted by Gasteiger charge is 2.23. The van der Waals surface area contributed by atoms with Crippen LogP contribution in [0.4, 0.5) is 0 Å². The van der Waals surface area contributed by atoms with E-state index in [1.165, 1.54) is 16.9 Å². The molecule has 2 aromatic rings. The number of piperidine rings is 1. The van der Waals surface area contributed by atoms with Crippen molar-refractivity contribution in [2.24, 2.45) is 5.92 Å². The van der Waals surface area contributed by atoms with Gasteiger partial charge in [0, 0.05) is 13.1 Å². The van der Waals surface area contributed by atoms with Crippen molar-refractivity contribution in [2.75, 3.05) is 19.7 Å². The highest BCUT2D eigenvalue weighted by molar-refractivity contribution is 7.11. The van der Waals surface area contributed by atoms with Crippen molar-refractivity contribution in [1.82, 2.24) is 4.90 Å². The zero-order chi connectivity index (χ0) is 16.8. The largest absolute Gasteiger partial charge is 0.451 e. The van der Waals surface area contributed by atoms with Crippen LogP contribution in [0.5, 0.6) is 0 Å². The summed E-state index contributed by atoms with van der Waals surface area (Å²) in [5, 5.41) is 1.82. The lowest BCUT2D eigenvalue weighted by Crippen LogP contribution is -2.41. The lowest BCUT2D eigenvalue weighted by Gasteiger charge is -2.32. The topological polar surface area (TPSA) is 46.6 Å². The van der Waals surface area contributed by atoms with E-state index in [0.29, 0.717) is 10.8 Å². The number of carbonyl (C=O) groups is 2. The first-order chi connectivity index (χ1) is 11.7. The quantitative estimate of drug-likeness (QED) is 0.782. The van der Waals surface area contributed by atoms with Gasteiger partial charge in [0.2, 0.25) is 0 Å². The lowest BCUT2D eigenvalue weighted by molar-refractivity contribution is -0.135. The van der Waals surface area contributed by atoms with Crippen LogP contribution in [0.15, 0.2) is 47.8 Å². The van der Waals surface area contributed by atoms with E-state index >= 15 is 0 Å². The number of amides is 1. The van der Waals surface area contributed by atoms with Crippen LogP contribution in [-0.2, 0) is 16.0 Å². The summed E-state index contributed by atoms with van der Waals surface area (Å²) in [6, 6.07) is 14.0. The molecule has 24 heavy (non-hydrogen) atoms. The Morgan fingerprint density at radius 1 is 1.08 bits per heavy atom. The summed E-state index contributed by atoms with van der Waals surface area (Å²) in [4.78, 5) is 26.3. The van der Waals surface area contributed by atoms with Crippen LogP contribution in [0.2, 0.25) is 0 Å². The fraction of sp³-hybridized carbons (Fsp3) is 0.368. The van der Waals surface area contributed by atoms with E-state index in [0.717, 1.165) is 32.4 Å². The van der Waals surface area contributed by atoms with Gasteiger partial charge in [0.1, 0.15) is 4.88 Å². The first-order valence-corrected chi connectivity index (χ1v) is 9.12. The highest BCUT2D eigenvalue weighted by Crippen LogP contribution is 2.21. The number of thiophene rings is 1. The first-order valence-electron chi connectivity index (χ1n) is 8.24. The van der Waals surface area contributed by atoms with Crippen LogP contribution in [-0.4, -0.2) is 36.5 Å². The molecule has 5 heteroatoms. The van der Waals surface area contributed by atoms with E-state index in [4.69, 9.17) is 4.74 Å². The highest BCUT2D eigenvalue weighted by atomic mass is 32.1. The van der Waals surface area contributed by atoms with E-state index in [1.807, 2.05) is 16.3 Å². The molecule has 0 bridgehead atoms. The minimum Gasteiger partial charge on any atom is -0.451 e. The molecule has 0 spiro atoms. The Morgan fingerprint density at radius 3 is 2.50 bits per heavy atom. The van der Waals surface area contributed by atoms with Crippen LogP contribution in [0.3, 0.4) is 0 Å². The standard InChI is InChI=1S/C19H21NO3S/c21-18(14-23-19(22)17-7-4-12-24-17)20-10-8-16(9-11-20)13-15-5-2-1-3-6-15/h1-7,12,16H,8-11,13-14H2. The van der Waals surface area contributed by atoms with Crippen molar-refractivity contribution >= 4 is 23.2 Å². The molecule has 0 aliphatic carbocycles. The zero-order valence-electron chi connectivity index (χ0n) is 13.5. The van der Waals surface area contributed by atoms with Crippen molar-refractivity contribution in [3.05, 3.63) is 58.3 Å². The summed E-state index contributed by atoms with van der Waals surface area (Å²) in [5.74, 6) is 0.0977. The van der Waals surface area contributed by atoms with E-state index < -0.39 is 5.97 Å². The van der Waals surface area contributed by atoms with Gasteiger partial charge in [-0.25, -0.2) is 4.79 Å². The lowest BCUT2D eigenvalue weighted by atomic mass is 9.90. The molecule has 1 saturated heterocycles. The minimum absolute atomic E-state index is 0.0990. The second kappa shape index (κ2) is 8.11. The molecule has 1 aromatic heterocycles. The third kappa shape index (κ3) is 4.45. The number of esters is 1. The van der Waals surface area contributed by atoms with Crippen molar-refractivity contribution in [1.29, 1.82) is 0 Å². The molecule has 4 nitrogen and oxygen atoms in total. The average Bonchev–Trinajstić information content (AvgIpc) is 3.16. The Morgan fingerprint density at radius 2 is 1.83 bits per heavy atom. The summed E-state index contributed by atoms with van der Waals surface area (Å²) in [5.41, 5.74) is 1.35. The summed E-state index contributed by atoms with van der Waals surface area (Å²) >= 11 is 1.32. The van der Waals surface area contributed by atoms with Gasteiger partial charge in [0.25, 0.3) is 5.91 Å². The Hall–Kier alpha value is -2.14. The summed E-state index contributed by atoms with van der Waals surface area (Å²) in [6.07, 6.45) is 3.06. The van der Waals surface area contributed by atoms with Gasteiger partial charge in [0.15, 0.2) is 6.61 Å². The van der Waals surface area contributed by atoms with E-state index in [-0.39, 0.29) is 12.5 Å². The van der Waals surface area contributed by atoms with Crippen LogP contribution >= 0.6 is 11.3 Å². The number of carbonyl (C=O) groups excluding carboxylic acids is 2. The van der Waals surface area contributed by atoms with E-state index in [2.05, 4.69) is 24.3 Å². The van der Waals surface area contributed by atoms with Crippen LogP contribution in [0.25, 0.3) is 0 Å². The molecule has 0 N–H and O–H groups in total. The molecule has 126 valence electrons. The van der Waals surface area contributed by atoms with Crippen molar-refractivity contribution in [2.45, 2.75) is 19.3 Å². The van der Waals surface area contributed by atoms with E-state index in [1.54, 1.807) is 12.1 Å². The molecule has 2 heterocycles. The summed E-state index contributed by atoms with van der Waals surface area (Å²) < 4.78 is 5.10. The van der Waals surface area contributed by atoms with Gasteiger partial charge < -0.3 is 9.64 Å². The van der Waals surface area contributed by atoms with Crippen LogP contribution in [0, 0.1) is 5.92 Å². The maximum absolute atomic E-state index is 12.2. The minimum atomic E-state index is -0.419. The van der Waals surface area contributed by atoms with Gasteiger partial charge in [0.05, 0.1) is 0 Å². The van der Waals surface area contributed by atoms with Crippen LogP contribution < -0.4 is 0 Å². The molecular weight excluding hydrogens is 322 g/mol. The van der Waals surface area contributed by atoms with Crippen LogP contribution in [0.1, 0.15) is 28.1 Å². The van der Waals surface area contributed by atoms with Gasteiger partial charge in [-0.15, -0.1) is 11.3 Å². The number of nitrogens with zero attached hydrogens (tertiary/aromatic N) is 1. The molecule has 1 aromatic carbocycles. The third-order valence-corrected chi connectivity index (χ3v) is 5.23. The molecule has 0 unspecified atom stereocenters. The average molecular weight is 343 g/mol. The number of likely N-dealkylation sites (tertiary alicyclic amines) is 1. The molecule has 1 amide bonds. The molecular formula is C19H21NO3S. The number of ether oxygens (including phenoxy) is 1. The molecule has 1 aliphatic rings.